The second-order valence-corrected chi connectivity index (χ2v) is 9.10. The molecule has 32 heavy (non-hydrogen) atoms. The van der Waals surface area contributed by atoms with E-state index >= 15 is 0 Å². The van der Waals surface area contributed by atoms with Crippen molar-refractivity contribution in [1.29, 1.82) is 0 Å². The molecule has 2 heterocycles. The van der Waals surface area contributed by atoms with E-state index in [0.717, 1.165) is 49.6 Å². The van der Waals surface area contributed by atoms with Crippen molar-refractivity contribution in [3.8, 4) is 11.5 Å². The number of ether oxygens (including phenoxy) is 2. The molecule has 1 saturated heterocycles. The van der Waals surface area contributed by atoms with Gasteiger partial charge >= 0.3 is 0 Å². The molecule has 0 aliphatic carbocycles. The van der Waals surface area contributed by atoms with E-state index in [1.165, 1.54) is 43.3 Å². The summed E-state index contributed by atoms with van der Waals surface area (Å²) >= 11 is 0. The van der Waals surface area contributed by atoms with Crippen molar-refractivity contribution >= 4 is 10.9 Å². The molecule has 5 nitrogen and oxygen atoms in total. The molecule has 0 radical (unpaired) electrons. The van der Waals surface area contributed by atoms with Crippen molar-refractivity contribution < 1.29 is 9.47 Å². The third-order valence-corrected chi connectivity index (χ3v) is 6.23. The first kappa shape index (κ1) is 22.7. The summed E-state index contributed by atoms with van der Waals surface area (Å²) in [5.74, 6) is 1.84. The zero-order valence-corrected chi connectivity index (χ0v) is 19.6. The fourth-order valence-corrected chi connectivity index (χ4v) is 4.38. The number of rotatable bonds is 11. The Morgan fingerprint density at radius 3 is 2.53 bits per heavy atom. The largest absolute Gasteiger partial charge is 0.494 e. The number of nitrogens with zero attached hydrogens (tertiary/aromatic N) is 2. The zero-order chi connectivity index (χ0) is 22.2. The number of hydrogen-bond acceptors (Lipinski definition) is 4. The van der Waals surface area contributed by atoms with Gasteiger partial charge in [0.05, 0.1) is 6.61 Å². The maximum atomic E-state index is 6.45. The van der Waals surface area contributed by atoms with Crippen LogP contribution in [0.1, 0.15) is 43.8 Å². The predicted molar refractivity (Wildman–Crippen MR) is 132 cm³/mol. The molecular formula is C27H37N3O2. The molecule has 5 heteroatoms. The molecule has 172 valence electrons. The maximum absolute atomic E-state index is 6.45. The quantitative estimate of drug-likeness (QED) is 0.404. The Bertz CT molecular complexity index is 945. The number of aromatic nitrogens is 1. The van der Waals surface area contributed by atoms with Crippen molar-refractivity contribution in [3.63, 3.8) is 0 Å². The van der Waals surface area contributed by atoms with Crippen LogP contribution < -0.4 is 9.47 Å². The summed E-state index contributed by atoms with van der Waals surface area (Å²) in [6.07, 6.45) is 8.05. The molecule has 1 fully saturated rings. The first-order valence-electron chi connectivity index (χ1n) is 12.0. The molecule has 4 rings (SSSR count). The van der Waals surface area contributed by atoms with Gasteiger partial charge in [0.15, 0.2) is 0 Å². The SMILES string of the molecule is CN(C)CCC(Oc1ccc2[nH]ccc2c1)c1ccc(OCCCN2CCCCC2)cc1. The Balaban J connectivity index is 1.33. The van der Waals surface area contributed by atoms with Crippen LogP contribution in [-0.2, 0) is 0 Å². The van der Waals surface area contributed by atoms with E-state index in [9.17, 15) is 0 Å². The van der Waals surface area contributed by atoms with Gasteiger partial charge in [0, 0.05) is 36.6 Å². The van der Waals surface area contributed by atoms with Gasteiger partial charge in [-0.05, 0) is 88.4 Å². The summed E-state index contributed by atoms with van der Waals surface area (Å²) in [4.78, 5) is 8.00. The van der Waals surface area contributed by atoms with E-state index in [0.29, 0.717) is 0 Å². The fraction of sp³-hybridized carbons (Fsp3) is 0.481. The molecule has 0 bridgehead atoms. The third kappa shape index (κ3) is 6.50. The summed E-state index contributed by atoms with van der Waals surface area (Å²) in [5.41, 5.74) is 2.31. The lowest BCUT2D eigenvalue weighted by molar-refractivity contribution is 0.179. The second kappa shape index (κ2) is 11.4. The van der Waals surface area contributed by atoms with Gasteiger partial charge in [-0.2, -0.15) is 0 Å². The van der Waals surface area contributed by atoms with E-state index in [4.69, 9.17) is 9.47 Å². The third-order valence-electron chi connectivity index (χ3n) is 6.23. The summed E-state index contributed by atoms with van der Waals surface area (Å²) in [5, 5.41) is 1.17. The smallest absolute Gasteiger partial charge is 0.125 e. The van der Waals surface area contributed by atoms with Gasteiger partial charge in [0.25, 0.3) is 0 Å². The highest BCUT2D eigenvalue weighted by Gasteiger charge is 2.15. The van der Waals surface area contributed by atoms with E-state index in [1.807, 2.05) is 12.3 Å². The standard InChI is InChI=1S/C27H37N3O2/c1-29(2)19-14-27(32-25-11-12-26-23(21-25)13-15-28-26)22-7-9-24(10-8-22)31-20-6-18-30-16-4-3-5-17-30/h7-13,15,21,27-28H,3-6,14,16-20H2,1-2H3. The highest BCUT2D eigenvalue weighted by molar-refractivity contribution is 5.80. The van der Waals surface area contributed by atoms with Crippen LogP contribution in [0.15, 0.2) is 54.7 Å². The molecule has 1 aromatic heterocycles. The van der Waals surface area contributed by atoms with Crippen molar-refractivity contribution in [3.05, 3.63) is 60.3 Å². The van der Waals surface area contributed by atoms with Gasteiger partial charge in [0.1, 0.15) is 17.6 Å². The van der Waals surface area contributed by atoms with Crippen LogP contribution in [0.5, 0.6) is 11.5 Å². The average molecular weight is 436 g/mol. The number of likely N-dealkylation sites (tertiary alicyclic amines) is 1. The molecule has 1 N–H and O–H groups in total. The van der Waals surface area contributed by atoms with Gasteiger partial charge < -0.3 is 24.3 Å². The lowest BCUT2D eigenvalue weighted by Crippen LogP contribution is -2.31. The normalized spacial score (nSPS) is 15.8. The maximum Gasteiger partial charge on any atom is 0.125 e. The summed E-state index contributed by atoms with van der Waals surface area (Å²) in [6.45, 7) is 5.38. The van der Waals surface area contributed by atoms with Gasteiger partial charge in [0.2, 0.25) is 0 Å². The van der Waals surface area contributed by atoms with Crippen molar-refractivity contribution in [2.75, 3.05) is 46.9 Å². The van der Waals surface area contributed by atoms with E-state index in [2.05, 4.69) is 71.3 Å². The molecule has 2 aromatic carbocycles. The fourth-order valence-electron chi connectivity index (χ4n) is 4.38. The Hall–Kier alpha value is -2.50. The average Bonchev–Trinajstić information content (AvgIpc) is 3.28. The molecule has 0 saturated carbocycles. The van der Waals surface area contributed by atoms with Crippen LogP contribution in [-0.4, -0.2) is 61.7 Å². The molecule has 0 spiro atoms. The zero-order valence-electron chi connectivity index (χ0n) is 19.6. The Labute approximate surface area is 192 Å². The van der Waals surface area contributed by atoms with E-state index < -0.39 is 0 Å². The van der Waals surface area contributed by atoms with Crippen LogP contribution in [0, 0.1) is 0 Å². The number of benzene rings is 2. The van der Waals surface area contributed by atoms with Gasteiger partial charge in [-0.25, -0.2) is 0 Å². The van der Waals surface area contributed by atoms with Crippen molar-refractivity contribution in [2.45, 2.75) is 38.2 Å². The molecule has 1 aliphatic heterocycles. The molecule has 0 amide bonds. The summed E-state index contributed by atoms with van der Waals surface area (Å²) < 4.78 is 12.5. The summed E-state index contributed by atoms with van der Waals surface area (Å²) in [6, 6.07) is 16.8. The minimum absolute atomic E-state index is 0.00180. The predicted octanol–water partition coefficient (Wildman–Crippen LogP) is 5.49. The molecular weight excluding hydrogens is 398 g/mol. The number of nitrogens with one attached hydrogen (secondary N) is 1. The lowest BCUT2D eigenvalue weighted by atomic mass is 10.1. The molecule has 1 aliphatic rings. The van der Waals surface area contributed by atoms with Gasteiger partial charge in [-0.15, -0.1) is 0 Å². The van der Waals surface area contributed by atoms with E-state index in [1.54, 1.807) is 0 Å². The van der Waals surface area contributed by atoms with Crippen LogP contribution >= 0.6 is 0 Å². The van der Waals surface area contributed by atoms with Crippen LogP contribution in [0.3, 0.4) is 0 Å². The first-order chi connectivity index (χ1) is 15.7. The van der Waals surface area contributed by atoms with Crippen LogP contribution in [0.2, 0.25) is 0 Å². The monoisotopic (exact) mass is 435 g/mol. The number of fused-ring (bicyclic) bond motifs is 1. The minimum Gasteiger partial charge on any atom is -0.494 e. The summed E-state index contributed by atoms with van der Waals surface area (Å²) in [7, 11) is 4.20. The second-order valence-electron chi connectivity index (χ2n) is 9.10. The highest BCUT2D eigenvalue weighted by atomic mass is 16.5. The van der Waals surface area contributed by atoms with Crippen LogP contribution in [0.4, 0.5) is 0 Å². The van der Waals surface area contributed by atoms with Gasteiger partial charge in [-0.1, -0.05) is 18.6 Å². The number of hydrogen-bond donors (Lipinski definition) is 1. The van der Waals surface area contributed by atoms with Gasteiger partial charge in [-0.3, -0.25) is 0 Å². The van der Waals surface area contributed by atoms with E-state index in [-0.39, 0.29) is 6.10 Å². The highest BCUT2D eigenvalue weighted by Crippen LogP contribution is 2.29. The molecule has 1 atom stereocenters. The molecule has 1 unspecified atom stereocenters. The minimum atomic E-state index is 0.00180. The van der Waals surface area contributed by atoms with Crippen LogP contribution in [0.25, 0.3) is 10.9 Å². The number of piperidine rings is 1. The first-order valence-corrected chi connectivity index (χ1v) is 12.0. The Kier molecular flexibility index (Phi) is 8.07. The topological polar surface area (TPSA) is 40.7 Å². The Morgan fingerprint density at radius 2 is 1.75 bits per heavy atom. The lowest BCUT2D eigenvalue weighted by Gasteiger charge is -2.26. The Morgan fingerprint density at radius 1 is 0.969 bits per heavy atom. The van der Waals surface area contributed by atoms with Crippen molar-refractivity contribution in [1.82, 2.24) is 14.8 Å². The van der Waals surface area contributed by atoms with Crippen molar-refractivity contribution in [2.24, 2.45) is 0 Å². The molecule has 3 aromatic rings. The number of H-pyrrole nitrogens is 1. The number of aromatic amines is 1.